The molecular weight excluding hydrogens is 516 g/mol. The molecule has 0 saturated carbocycles. The minimum atomic E-state index is -2.63. The van der Waals surface area contributed by atoms with E-state index in [-0.39, 0.29) is 12.4 Å². The van der Waals surface area contributed by atoms with E-state index in [4.69, 9.17) is 22.8 Å². The van der Waals surface area contributed by atoms with Crippen molar-refractivity contribution in [2.45, 2.75) is 25.6 Å². The van der Waals surface area contributed by atoms with Crippen molar-refractivity contribution in [3.05, 3.63) is 77.6 Å². The first-order chi connectivity index (χ1) is 19.1. The second-order valence-corrected chi connectivity index (χ2v) is 12.2. The maximum atomic E-state index is 12.7. The molecule has 3 aliphatic heterocycles. The van der Waals surface area contributed by atoms with Gasteiger partial charge in [0.15, 0.2) is 5.78 Å². The number of hydrogen-bond acceptors (Lipinski definition) is 9. The molecule has 2 bridgehead atoms. The second kappa shape index (κ2) is 13.1. The molecule has 3 aromatic rings. The summed E-state index contributed by atoms with van der Waals surface area (Å²) in [6.45, 7) is 5.72. The van der Waals surface area contributed by atoms with E-state index >= 15 is 0 Å². The first kappa shape index (κ1) is 27.2. The van der Waals surface area contributed by atoms with E-state index in [0.717, 1.165) is 43.4 Å². The molecule has 206 valence electrons. The second-order valence-electron chi connectivity index (χ2n) is 9.43. The smallest absolute Gasteiger partial charge is 0.497 e. The molecule has 0 amide bonds. The number of ketones is 1. The number of methoxy groups -OCH3 is 1. The Morgan fingerprint density at radius 3 is 2.49 bits per heavy atom. The van der Waals surface area contributed by atoms with Crippen LogP contribution in [0.25, 0.3) is 6.08 Å². The number of carbonyl (C=O) groups is 1. The van der Waals surface area contributed by atoms with Crippen LogP contribution in [0.2, 0.25) is 6.04 Å². The summed E-state index contributed by atoms with van der Waals surface area (Å²) in [5.41, 5.74) is 2.18. The van der Waals surface area contributed by atoms with Crippen LogP contribution < -0.4 is 9.47 Å². The third kappa shape index (κ3) is 7.61. The molecule has 0 spiro atoms. The quantitative estimate of drug-likeness (QED) is 0.202. The van der Waals surface area contributed by atoms with Crippen molar-refractivity contribution in [3.63, 3.8) is 0 Å². The lowest BCUT2D eigenvalue weighted by Gasteiger charge is -2.38. The minimum Gasteiger partial charge on any atom is -0.497 e. The summed E-state index contributed by atoms with van der Waals surface area (Å²) in [6, 6.07) is 15.4. The van der Waals surface area contributed by atoms with Crippen LogP contribution in [-0.2, 0) is 26.4 Å². The van der Waals surface area contributed by atoms with Gasteiger partial charge in [-0.15, -0.1) is 5.10 Å². The van der Waals surface area contributed by atoms with Gasteiger partial charge in [-0.05, 0) is 42.3 Å². The number of aryl methyl sites for hydroxylation is 1. The average molecular weight is 551 g/mol. The van der Waals surface area contributed by atoms with Gasteiger partial charge in [0, 0.05) is 37.8 Å². The zero-order valence-electron chi connectivity index (χ0n) is 22.2. The van der Waals surface area contributed by atoms with Crippen molar-refractivity contribution in [2.75, 3.05) is 46.6 Å². The molecule has 0 unspecified atom stereocenters. The molecule has 1 aromatic heterocycles. The number of benzene rings is 2. The van der Waals surface area contributed by atoms with Gasteiger partial charge >= 0.3 is 8.80 Å². The summed E-state index contributed by atoms with van der Waals surface area (Å²) in [5, 5.41) is 8.46. The van der Waals surface area contributed by atoms with Gasteiger partial charge in [-0.3, -0.25) is 14.4 Å². The first-order valence-corrected chi connectivity index (χ1v) is 15.2. The summed E-state index contributed by atoms with van der Waals surface area (Å²) in [7, 11) is -1.01. The molecule has 4 heterocycles. The summed E-state index contributed by atoms with van der Waals surface area (Å²) in [6.07, 6.45) is 6.04. The Bertz CT molecular complexity index is 1240. The number of ether oxygens (including phenoxy) is 2. The molecule has 11 heteroatoms. The molecule has 10 nitrogen and oxygen atoms in total. The SMILES string of the molecule is COc1ccc(/C=C/C(=O)c2cccc(OCc3cn(CCC[Si]45OCCN(CCO4)CCO5)nn3)c2)cc1. The highest BCUT2D eigenvalue weighted by molar-refractivity contribution is 6.60. The lowest BCUT2D eigenvalue weighted by Crippen LogP contribution is -2.55. The van der Waals surface area contributed by atoms with Crippen LogP contribution in [-0.4, -0.2) is 81.0 Å². The normalized spacial score (nSPS) is 21.3. The molecule has 3 fully saturated rings. The number of fused-ring (bicyclic) bond motifs is 6. The lowest BCUT2D eigenvalue weighted by atomic mass is 10.1. The Morgan fingerprint density at radius 2 is 1.77 bits per heavy atom. The van der Waals surface area contributed by atoms with E-state index < -0.39 is 8.80 Å². The summed E-state index contributed by atoms with van der Waals surface area (Å²) in [5.74, 6) is 1.26. The Kier molecular flexibility index (Phi) is 9.17. The standard InChI is InChI=1S/C28H34N4O6Si/c1-34-26-9-6-23(7-10-26)8-11-28(33)24-4-2-5-27(20-24)35-22-25-21-32(30-29-25)12-3-19-39-36-16-13-31(14-17-37-39)15-18-38-39/h2,4-11,20-21H,3,12-19,22H2,1H3/b11-8+. The molecule has 3 saturated heterocycles. The molecule has 0 aliphatic carbocycles. The van der Waals surface area contributed by atoms with Gasteiger partial charge in [-0.25, -0.2) is 0 Å². The predicted octanol–water partition coefficient (Wildman–Crippen LogP) is 3.47. The van der Waals surface area contributed by atoms with Gasteiger partial charge in [0.2, 0.25) is 0 Å². The fourth-order valence-corrected chi connectivity index (χ4v) is 7.00. The monoisotopic (exact) mass is 550 g/mol. The minimum absolute atomic E-state index is 0.104. The maximum Gasteiger partial charge on any atom is 0.501 e. The van der Waals surface area contributed by atoms with E-state index in [1.807, 2.05) is 36.5 Å². The van der Waals surface area contributed by atoms with E-state index in [1.165, 1.54) is 0 Å². The first-order valence-electron chi connectivity index (χ1n) is 13.2. The molecule has 0 atom stereocenters. The molecule has 3 aliphatic rings. The van der Waals surface area contributed by atoms with E-state index in [2.05, 4.69) is 15.2 Å². The van der Waals surface area contributed by atoms with Crippen LogP contribution in [0.1, 0.15) is 28.0 Å². The topological polar surface area (TPSA) is 97.2 Å². The van der Waals surface area contributed by atoms with Gasteiger partial charge in [0.05, 0.1) is 33.1 Å². The lowest BCUT2D eigenvalue weighted by molar-refractivity contribution is -0.00869. The zero-order chi connectivity index (χ0) is 26.9. The van der Waals surface area contributed by atoms with Crippen LogP contribution >= 0.6 is 0 Å². The number of nitrogens with zero attached hydrogens (tertiary/aromatic N) is 4. The highest BCUT2D eigenvalue weighted by atomic mass is 28.4. The number of hydrogen-bond donors (Lipinski definition) is 0. The molecule has 0 radical (unpaired) electrons. The molecule has 2 aromatic carbocycles. The van der Waals surface area contributed by atoms with E-state index in [9.17, 15) is 4.79 Å². The molecule has 6 rings (SSSR count). The average Bonchev–Trinajstić information content (AvgIpc) is 3.39. The highest BCUT2D eigenvalue weighted by Crippen LogP contribution is 2.22. The Morgan fingerprint density at radius 1 is 1.03 bits per heavy atom. The van der Waals surface area contributed by atoms with Crippen LogP contribution in [0.3, 0.4) is 0 Å². The van der Waals surface area contributed by atoms with Crippen molar-refractivity contribution in [1.82, 2.24) is 19.9 Å². The van der Waals surface area contributed by atoms with Crippen molar-refractivity contribution < 1.29 is 27.5 Å². The van der Waals surface area contributed by atoms with Crippen LogP contribution in [0.15, 0.2) is 60.8 Å². The molecule has 39 heavy (non-hydrogen) atoms. The molecular formula is C28H34N4O6Si. The van der Waals surface area contributed by atoms with E-state index in [0.29, 0.717) is 43.4 Å². The Hall–Kier alpha value is -3.35. The number of aromatic nitrogens is 3. The van der Waals surface area contributed by atoms with Crippen molar-refractivity contribution in [3.8, 4) is 11.5 Å². The van der Waals surface area contributed by atoms with Gasteiger partial charge in [0.25, 0.3) is 0 Å². The van der Waals surface area contributed by atoms with Gasteiger partial charge in [0.1, 0.15) is 23.8 Å². The Labute approximate surface area is 229 Å². The largest absolute Gasteiger partial charge is 0.501 e. The van der Waals surface area contributed by atoms with Crippen LogP contribution in [0.5, 0.6) is 11.5 Å². The fourth-order valence-electron chi connectivity index (χ4n) is 4.52. The number of carbonyl (C=O) groups excluding carboxylic acids is 1. The molecule has 0 N–H and O–H groups in total. The van der Waals surface area contributed by atoms with E-state index in [1.54, 1.807) is 42.1 Å². The van der Waals surface area contributed by atoms with Gasteiger partial charge in [-0.2, -0.15) is 0 Å². The fraction of sp³-hybridized carbons (Fsp3) is 0.393. The summed E-state index contributed by atoms with van der Waals surface area (Å²) in [4.78, 5) is 15.0. The summed E-state index contributed by atoms with van der Waals surface area (Å²) < 4.78 is 31.2. The van der Waals surface area contributed by atoms with Crippen molar-refractivity contribution >= 4 is 20.7 Å². The predicted molar refractivity (Wildman–Crippen MR) is 147 cm³/mol. The number of rotatable bonds is 11. The van der Waals surface area contributed by atoms with Gasteiger partial charge in [-0.1, -0.05) is 35.6 Å². The van der Waals surface area contributed by atoms with Crippen LogP contribution in [0, 0.1) is 0 Å². The zero-order valence-corrected chi connectivity index (χ0v) is 23.2. The van der Waals surface area contributed by atoms with Crippen LogP contribution in [0.4, 0.5) is 0 Å². The Balaban J connectivity index is 1.10. The number of allylic oxidation sites excluding steroid dienone is 1. The van der Waals surface area contributed by atoms with Crippen molar-refractivity contribution in [2.24, 2.45) is 0 Å². The van der Waals surface area contributed by atoms with Crippen molar-refractivity contribution in [1.29, 1.82) is 0 Å². The third-order valence-electron chi connectivity index (χ3n) is 6.69. The highest BCUT2D eigenvalue weighted by Gasteiger charge is 2.43. The van der Waals surface area contributed by atoms with Gasteiger partial charge < -0.3 is 22.8 Å². The summed E-state index contributed by atoms with van der Waals surface area (Å²) >= 11 is 0. The maximum absolute atomic E-state index is 12.7. The third-order valence-corrected chi connectivity index (χ3v) is 9.59.